The van der Waals surface area contributed by atoms with Gasteiger partial charge in [0.1, 0.15) is 36.3 Å². The lowest BCUT2D eigenvalue weighted by molar-refractivity contribution is -0.158. The number of nitrogens with one attached hydrogen (secondary N) is 2. The molecule has 4 heterocycles. The van der Waals surface area contributed by atoms with Gasteiger partial charge in [0.25, 0.3) is 0 Å². The predicted molar refractivity (Wildman–Crippen MR) is 179 cm³/mol. The fourth-order valence-corrected chi connectivity index (χ4v) is 7.72. The van der Waals surface area contributed by atoms with Gasteiger partial charge < -0.3 is 30.2 Å². The Morgan fingerprint density at radius 1 is 0.688 bits per heavy atom. The summed E-state index contributed by atoms with van der Waals surface area (Å²) in [7, 11) is 1.62. The number of hydrogen-bond donors (Lipinski definition) is 2. The minimum atomic E-state index is -0.967. The van der Waals surface area contributed by atoms with E-state index >= 15 is 0 Å². The van der Waals surface area contributed by atoms with Crippen LogP contribution in [0.15, 0.2) is 30.3 Å². The maximum absolute atomic E-state index is 14.5. The molecule has 4 aliphatic rings. The summed E-state index contributed by atoms with van der Waals surface area (Å²) < 4.78 is 0. The number of carbonyl (C=O) groups is 6. The van der Waals surface area contributed by atoms with E-state index in [0.29, 0.717) is 51.7 Å². The Hall–Kier alpha value is -3.96. The van der Waals surface area contributed by atoms with E-state index < -0.39 is 48.1 Å². The summed E-state index contributed by atoms with van der Waals surface area (Å²) in [5.74, 6) is -2.38. The number of carbonyl (C=O) groups excluding carboxylic acids is 6. The molecule has 12 nitrogen and oxygen atoms in total. The van der Waals surface area contributed by atoms with Crippen LogP contribution in [0.4, 0.5) is 0 Å². The predicted octanol–water partition coefficient (Wildman–Crippen LogP) is 1.86. The van der Waals surface area contributed by atoms with E-state index in [1.807, 2.05) is 44.2 Å². The molecule has 5 rings (SSSR count). The Kier molecular flexibility index (Phi) is 11.4. The second-order valence-corrected chi connectivity index (χ2v) is 14.0. The molecule has 2 N–H and O–H groups in total. The first-order valence-corrected chi connectivity index (χ1v) is 17.9. The first-order chi connectivity index (χ1) is 23.0. The Morgan fingerprint density at radius 3 is 1.90 bits per heavy atom. The van der Waals surface area contributed by atoms with E-state index in [9.17, 15) is 28.8 Å². The molecule has 4 saturated heterocycles. The third kappa shape index (κ3) is 7.37. The zero-order chi connectivity index (χ0) is 34.5. The van der Waals surface area contributed by atoms with Crippen molar-refractivity contribution >= 4 is 35.4 Å². The monoisotopic (exact) mass is 664 g/mol. The molecule has 48 heavy (non-hydrogen) atoms. The lowest BCUT2D eigenvalue weighted by atomic mass is 9.92. The molecule has 0 spiro atoms. The fourth-order valence-electron chi connectivity index (χ4n) is 7.72. The molecular weight excluding hydrogens is 612 g/mol. The molecule has 0 aliphatic carbocycles. The highest BCUT2D eigenvalue weighted by atomic mass is 16.2. The molecule has 6 amide bonds. The van der Waals surface area contributed by atoms with Gasteiger partial charge in [-0.2, -0.15) is 0 Å². The van der Waals surface area contributed by atoms with Crippen molar-refractivity contribution in [2.24, 2.45) is 5.92 Å². The van der Waals surface area contributed by atoms with E-state index in [0.717, 1.165) is 31.2 Å². The number of hydrogen-bond acceptors (Lipinski definition) is 6. The molecule has 0 radical (unpaired) electrons. The summed E-state index contributed by atoms with van der Waals surface area (Å²) in [5.41, 5.74) is 0.868. The van der Waals surface area contributed by atoms with Gasteiger partial charge >= 0.3 is 0 Å². The van der Waals surface area contributed by atoms with E-state index in [1.54, 1.807) is 23.8 Å². The van der Waals surface area contributed by atoms with Gasteiger partial charge in [-0.3, -0.25) is 28.8 Å². The van der Waals surface area contributed by atoms with Gasteiger partial charge in [0.05, 0.1) is 0 Å². The molecule has 4 aliphatic heterocycles. The van der Waals surface area contributed by atoms with Crippen LogP contribution in [0, 0.1) is 5.92 Å². The molecule has 262 valence electrons. The van der Waals surface area contributed by atoms with Gasteiger partial charge in [0.2, 0.25) is 35.4 Å². The van der Waals surface area contributed by atoms with Crippen molar-refractivity contribution in [2.75, 3.05) is 26.7 Å². The highest BCUT2D eigenvalue weighted by Crippen LogP contribution is 2.28. The lowest BCUT2D eigenvalue weighted by Gasteiger charge is -2.44. The second-order valence-electron chi connectivity index (χ2n) is 14.0. The largest absolute Gasteiger partial charge is 0.343 e. The van der Waals surface area contributed by atoms with Gasteiger partial charge in [-0.25, -0.2) is 0 Å². The second kappa shape index (κ2) is 15.5. The Labute approximate surface area is 283 Å². The van der Waals surface area contributed by atoms with Crippen molar-refractivity contribution in [2.45, 2.75) is 121 Å². The lowest BCUT2D eigenvalue weighted by Crippen LogP contribution is -2.64. The third-order valence-corrected chi connectivity index (χ3v) is 10.9. The normalized spacial score (nSPS) is 30.5. The summed E-state index contributed by atoms with van der Waals surface area (Å²) >= 11 is 0. The first kappa shape index (κ1) is 35.3. The SMILES string of the molecule is CC[C@H](C)[C@@H]1NC(=O)[C@H](C)NC(=O)[C@@H]2CCCN2C(=O)[C@@H](Cc2ccccc2)N(C)C(=O)[C@@H]2CCCCN2C(=O)[C@H]2CCCCN2C1=O. The van der Waals surface area contributed by atoms with Gasteiger partial charge in [0.15, 0.2) is 0 Å². The summed E-state index contributed by atoms with van der Waals surface area (Å²) in [4.78, 5) is 91.0. The van der Waals surface area contributed by atoms with Crippen molar-refractivity contribution in [3.05, 3.63) is 35.9 Å². The zero-order valence-electron chi connectivity index (χ0n) is 28.9. The molecule has 0 unspecified atom stereocenters. The summed E-state index contributed by atoms with van der Waals surface area (Å²) in [6.45, 7) is 6.51. The molecular formula is C36H52N6O6. The fraction of sp³-hybridized carbons (Fsp3) is 0.667. The third-order valence-electron chi connectivity index (χ3n) is 10.9. The van der Waals surface area contributed by atoms with Gasteiger partial charge in [-0.1, -0.05) is 50.6 Å². The van der Waals surface area contributed by atoms with Gasteiger partial charge in [-0.15, -0.1) is 0 Å². The van der Waals surface area contributed by atoms with E-state index in [4.69, 9.17) is 0 Å². The quantitative estimate of drug-likeness (QED) is 0.504. The summed E-state index contributed by atoms with van der Waals surface area (Å²) in [6.07, 6.45) is 5.81. The van der Waals surface area contributed by atoms with Crippen LogP contribution in [0.2, 0.25) is 0 Å². The van der Waals surface area contributed by atoms with Crippen LogP contribution in [0.5, 0.6) is 0 Å². The van der Waals surface area contributed by atoms with Crippen LogP contribution in [0.1, 0.15) is 84.1 Å². The van der Waals surface area contributed by atoms with Crippen LogP contribution in [-0.4, -0.2) is 118 Å². The molecule has 0 bridgehead atoms. The molecule has 1 aromatic carbocycles. The Balaban J connectivity index is 1.56. The average Bonchev–Trinajstić information content (AvgIpc) is 3.61. The Morgan fingerprint density at radius 2 is 1.25 bits per heavy atom. The molecule has 12 heteroatoms. The molecule has 0 saturated carbocycles. The molecule has 0 aromatic heterocycles. The van der Waals surface area contributed by atoms with Crippen LogP contribution >= 0.6 is 0 Å². The number of piperidine rings is 2. The number of benzene rings is 1. The van der Waals surface area contributed by atoms with Gasteiger partial charge in [-0.05, 0) is 69.8 Å². The number of likely N-dealkylation sites (N-methyl/N-ethyl adjacent to an activating group) is 1. The van der Waals surface area contributed by atoms with Crippen LogP contribution in [0.3, 0.4) is 0 Å². The summed E-state index contributed by atoms with van der Waals surface area (Å²) in [6, 6.07) is 4.37. The van der Waals surface area contributed by atoms with Crippen LogP contribution in [0.25, 0.3) is 0 Å². The number of rotatable bonds is 4. The van der Waals surface area contributed by atoms with Crippen molar-refractivity contribution < 1.29 is 28.8 Å². The zero-order valence-corrected chi connectivity index (χ0v) is 28.9. The van der Waals surface area contributed by atoms with Crippen molar-refractivity contribution in [3.8, 4) is 0 Å². The first-order valence-electron chi connectivity index (χ1n) is 17.9. The summed E-state index contributed by atoms with van der Waals surface area (Å²) in [5, 5.41) is 5.69. The highest BCUT2D eigenvalue weighted by molar-refractivity contribution is 5.98. The number of fused-ring (bicyclic) bond motifs is 3. The highest BCUT2D eigenvalue weighted by Gasteiger charge is 2.46. The topological polar surface area (TPSA) is 139 Å². The Bertz CT molecular complexity index is 1370. The minimum absolute atomic E-state index is 0.227. The molecule has 1 aromatic rings. The van der Waals surface area contributed by atoms with Crippen molar-refractivity contribution in [1.82, 2.24) is 30.2 Å². The number of amides is 6. The van der Waals surface area contributed by atoms with Crippen molar-refractivity contribution in [1.29, 1.82) is 0 Å². The minimum Gasteiger partial charge on any atom is -0.343 e. The number of nitrogens with zero attached hydrogens (tertiary/aromatic N) is 4. The van der Waals surface area contributed by atoms with Gasteiger partial charge in [0, 0.05) is 33.1 Å². The van der Waals surface area contributed by atoms with E-state index in [1.165, 1.54) is 9.80 Å². The standard InChI is InChI=1S/C36H52N6O6/c1-5-23(2)30-36(48)42-20-12-10-17-28(42)34(46)41-19-11-9-16-27(41)33(45)39(4)29(22-25-14-7-6-8-15-25)35(47)40-21-13-18-26(40)32(44)37-24(3)31(43)38-30/h6-8,14-15,23-24,26-30H,5,9-13,16-22H2,1-4H3,(H,37,44)(H,38,43)/t23-,24-,26-,27-,28+,29+,30-/m0/s1. The van der Waals surface area contributed by atoms with Crippen LogP contribution < -0.4 is 10.6 Å². The average molecular weight is 665 g/mol. The smallest absolute Gasteiger partial charge is 0.246 e. The van der Waals surface area contributed by atoms with E-state index in [2.05, 4.69) is 10.6 Å². The molecule has 7 atom stereocenters. The van der Waals surface area contributed by atoms with Crippen LogP contribution in [-0.2, 0) is 35.2 Å². The maximum Gasteiger partial charge on any atom is 0.246 e. The van der Waals surface area contributed by atoms with Crippen molar-refractivity contribution in [3.63, 3.8) is 0 Å². The molecule has 4 fully saturated rings. The maximum atomic E-state index is 14.5. The van der Waals surface area contributed by atoms with E-state index in [-0.39, 0.29) is 36.0 Å².